The van der Waals surface area contributed by atoms with Crippen LogP contribution in [0, 0.1) is 0 Å². The number of unbranched alkanes of at least 4 members (excludes halogenated alkanes) is 4. The van der Waals surface area contributed by atoms with Crippen molar-refractivity contribution in [2.45, 2.75) is 52.4 Å². The van der Waals surface area contributed by atoms with Crippen LogP contribution in [-0.4, -0.2) is 26.4 Å². The van der Waals surface area contributed by atoms with E-state index >= 15 is 0 Å². The first-order chi connectivity index (χ1) is 8.91. The molecule has 2 nitrogen and oxygen atoms in total. The molecule has 0 radical (unpaired) electrons. The van der Waals surface area contributed by atoms with Crippen LogP contribution in [0.15, 0.2) is 24.3 Å². The minimum atomic E-state index is 0.714. The van der Waals surface area contributed by atoms with Crippen LogP contribution >= 0.6 is 0 Å². The Balaban J connectivity index is 3.15. The summed E-state index contributed by atoms with van der Waals surface area (Å²) in [6.07, 6.45) is 15.5. The lowest BCUT2D eigenvalue weighted by atomic mass is 10.3. The van der Waals surface area contributed by atoms with E-state index in [1.807, 2.05) is 24.3 Å². The molecule has 0 aromatic heterocycles. The summed E-state index contributed by atoms with van der Waals surface area (Å²) in [6.45, 7) is 7.59. The SMILES string of the molecule is CCCCCOC/C=C/C=C/COCCCCC. The van der Waals surface area contributed by atoms with Crippen LogP contribution in [0.2, 0.25) is 0 Å². The van der Waals surface area contributed by atoms with Crippen molar-refractivity contribution in [2.75, 3.05) is 26.4 Å². The predicted octanol–water partition coefficient (Wildman–Crippen LogP) is 4.51. The van der Waals surface area contributed by atoms with Crippen LogP contribution in [0.5, 0.6) is 0 Å². The summed E-state index contributed by atoms with van der Waals surface area (Å²) >= 11 is 0. The Bertz CT molecular complexity index is 175. The Morgan fingerprint density at radius 2 is 1.11 bits per heavy atom. The van der Waals surface area contributed by atoms with Crippen LogP contribution in [-0.2, 0) is 9.47 Å². The van der Waals surface area contributed by atoms with E-state index in [2.05, 4.69) is 13.8 Å². The van der Waals surface area contributed by atoms with Crippen LogP contribution in [0.1, 0.15) is 52.4 Å². The van der Waals surface area contributed by atoms with Crippen LogP contribution in [0.4, 0.5) is 0 Å². The summed E-state index contributed by atoms with van der Waals surface area (Å²) in [5.74, 6) is 0. The maximum atomic E-state index is 5.46. The first-order valence-corrected chi connectivity index (χ1v) is 7.39. The van der Waals surface area contributed by atoms with Crippen molar-refractivity contribution in [1.29, 1.82) is 0 Å². The van der Waals surface area contributed by atoms with Gasteiger partial charge in [-0.05, 0) is 12.8 Å². The molecule has 0 rings (SSSR count). The second-order valence-electron chi connectivity index (χ2n) is 4.42. The lowest BCUT2D eigenvalue weighted by Gasteiger charge is -1.99. The van der Waals surface area contributed by atoms with E-state index in [9.17, 15) is 0 Å². The molecule has 0 aliphatic rings. The Morgan fingerprint density at radius 3 is 1.50 bits per heavy atom. The van der Waals surface area contributed by atoms with Gasteiger partial charge in [0.2, 0.25) is 0 Å². The van der Waals surface area contributed by atoms with E-state index in [1.54, 1.807) is 0 Å². The molecular weight excluding hydrogens is 224 g/mol. The average molecular weight is 254 g/mol. The summed E-state index contributed by atoms with van der Waals surface area (Å²) in [5.41, 5.74) is 0. The maximum Gasteiger partial charge on any atom is 0.0650 e. The quantitative estimate of drug-likeness (QED) is 0.355. The van der Waals surface area contributed by atoms with Gasteiger partial charge >= 0.3 is 0 Å². The molecule has 18 heavy (non-hydrogen) atoms. The molecule has 0 aromatic carbocycles. The Morgan fingerprint density at radius 1 is 0.667 bits per heavy atom. The zero-order chi connectivity index (χ0) is 13.3. The fourth-order valence-corrected chi connectivity index (χ4v) is 1.48. The Kier molecular flexibility index (Phi) is 15.9. The second kappa shape index (κ2) is 16.4. The number of allylic oxidation sites excluding steroid dienone is 2. The number of hydrogen-bond acceptors (Lipinski definition) is 2. The van der Waals surface area contributed by atoms with Gasteiger partial charge in [-0.1, -0.05) is 63.8 Å². The highest BCUT2D eigenvalue weighted by atomic mass is 16.5. The molecule has 0 aliphatic heterocycles. The summed E-state index contributed by atoms with van der Waals surface area (Å²) in [7, 11) is 0. The van der Waals surface area contributed by atoms with Gasteiger partial charge in [-0.2, -0.15) is 0 Å². The minimum Gasteiger partial charge on any atom is -0.377 e. The van der Waals surface area contributed by atoms with E-state index in [1.165, 1.54) is 38.5 Å². The normalized spacial score (nSPS) is 11.9. The lowest BCUT2D eigenvalue weighted by molar-refractivity contribution is 0.157. The van der Waals surface area contributed by atoms with Gasteiger partial charge in [-0.15, -0.1) is 0 Å². The molecule has 0 bridgehead atoms. The Hall–Kier alpha value is -0.600. The number of rotatable bonds is 13. The molecule has 0 amide bonds. The standard InChI is InChI=1S/C16H30O2/c1-3-5-9-13-17-15-11-7-8-12-16-18-14-10-6-4-2/h7-8,11-12H,3-6,9-10,13-16H2,1-2H3/b11-7+,12-8+. The van der Waals surface area contributed by atoms with Crippen LogP contribution in [0.3, 0.4) is 0 Å². The molecule has 0 unspecified atom stereocenters. The topological polar surface area (TPSA) is 18.5 Å². The fourth-order valence-electron chi connectivity index (χ4n) is 1.48. The van der Waals surface area contributed by atoms with Crippen molar-refractivity contribution in [2.24, 2.45) is 0 Å². The Labute approximate surface area is 113 Å². The van der Waals surface area contributed by atoms with Crippen molar-refractivity contribution >= 4 is 0 Å². The second-order valence-corrected chi connectivity index (χ2v) is 4.42. The number of ether oxygens (including phenoxy) is 2. The monoisotopic (exact) mass is 254 g/mol. The molecule has 0 saturated carbocycles. The van der Waals surface area contributed by atoms with E-state index in [4.69, 9.17) is 9.47 Å². The van der Waals surface area contributed by atoms with Crippen molar-refractivity contribution in [3.05, 3.63) is 24.3 Å². The maximum absolute atomic E-state index is 5.46. The third kappa shape index (κ3) is 15.4. The zero-order valence-electron chi connectivity index (χ0n) is 12.2. The first-order valence-electron chi connectivity index (χ1n) is 7.39. The van der Waals surface area contributed by atoms with E-state index in [-0.39, 0.29) is 0 Å². The highest BCUT2D eigenvalue weighted by Crippen LogP contribution is 1.95. The molecule has 2 heteroatoms. The van der Waals surface area contributed by atoms with Crippen molar-refractivity contribution in [3.63, 3.8) is 0 Å². The van der Waals surface area contributed by atoms with Gasteiger partial charge in [0, 0.05) is 13.2 Å². The first kappa shape index (κ1) is 17.4. The third-order valence-corrected chi connectivity index (χ3v) is 2.60. The highest BCUT2D eigenvalue weighted by molar-refractivity contribution is 5.02. The van der Waals surface area contributed by atoms with Gasteiger partial charge in [0.15, 0.2) is 0 Å². The summed E-state index contributed by atoms with van der Waals surface area (Å²) < 4.78 is 10.9. The summed E-state index contributed by atoms with van der Waals surface area (Å²) in [5, 5.41) is 0. The minimum absolute atomic E-state index is 0.714. The van der Waals surface area contributed by atoms with Crippen molar-refractivity contribution in [3.8, 4) is 0 Å². The molecule has 106 valence electrons. The summed E-state index contributed by atoms with van der Waals surface area (Å²) in [6, 6.07) is 0. The molecule has 0 fully saturated rings. The van der Waals surface area contributed by atoms with E-state index in [0.29, 0.717) is 13.2 Å². The molecule has 0 atom stereocenters. The summed E-state index contributed by atoms with van der Waals surface area (Å²) in [4.78, 5) is 0. The molecule has 0 saturated heterocycles. The molecule has 0 aromatic rings. The van der Waals surface area contributed by atoms with Gasteiger partial charge < -0.3 is 9.47 Å². The van der Waals surface area contributed by atoms with Gasteiger partial charge in [-0.25, -0.2) is 0 Å². The van der Waals surface area contributed by atoms with Crippen molar-refractivity contribution < 1.29 is 9.47 Å². The largest absolute Gasteiger partial charge is 0.377 e. The predicted molar refractivity (Wildman–Crippen MR) is 79.0 cm³/mol. The zero-order valence-corrected chi connectivity index (χ0v) is 12.2. The van der Waals surface area contributed by atoms with Gasteiger partial charge in [0.25, 0.3) is 0 Å². The molecule has 0 heterocycles. The third-order valence-electron chi connectivity index (χ3n) is 2.60. The van der Waals surface area contributed by atoms with E-state index in [0.717, 1.165) is 13.2 Å². The van der Waals surface area contributed by atoms with Crippen molar-refractivity contribution in [1.82, 2.24) is 0 Å². The average Bonchev–Trinajstić information content (AvgIpc) is 2.39. The molecule has 0 aliphatic carbocycles. The van der Waals surface area contributed by atoms with E-state index < -0.39 is 0 Å². The molecule has 0 N–H and O–H groups in total. The number of hydrogen-bond donors (Lipinski definition) is 0. The van der Waals surface area contributed by atoms with Gasteiger partial charge in [-0.3, -0.25) is 0 Å². The van der Waals surface area contributed by atoms with Gasteiger partial charge in [0.1, 0.15) is 0 Å². The highest BCUT2D eigenvalue weighted by Gasteiger charge is 1.85. The fraction of sp³-hybridized carbons (Fsp3) is 0.750. The molecule has 0 spiro atoms. The van der Waals surface area contributed by atoms with Crippen LogP contribution in [0.25, 0.3) is 0 Å². The van der Waals surface area contributed by atoms with Crippen LogP contribution < -0.4 is 0 Å². The lowest BCUT2D eigenvalue weighted by Crippen LogP contribution is -1.94. The smallest absolute Gasteiger partial charge is 0.0650 e. The molecular formula is C16H30O2. The van der Waals surface area contributed by atoms with Gasteiger partial charge in [0.05, 0.1) is 13.2 Å².